The molecule has 1 aliphatic rings. The molecule has 1 saturated heterocycles. The molecule has 146 valence electrons. The molecular formula is C21H24N4O3. The molecule has 1 aliphatic heterocycles. The Morgan fingerprint density at radius 2 is 1.86 bits per heavy atom. The van der Waals surface area contributed by atoms with Gasteiger partial charge in [-0.2, -0.15) is 0 Å². The summed E-state index contributed by atoms with van der Waals surface area (Å²) in [5.74, 6) is 0.861. The molecule has 4 rings (SSSR count). The number of aromatic nitrogens is 2. The van der Waals surface area contributed by atoms with E-state index < -0.39 is 5.97 Å². The van der Waals surface area contributed by atoms with Gasteiger partial charge >= 0.3 is 5.97 Å². The number of para-hydroxylation sites is 1. The van der Waals surface area contributed by atoms with E-state index in [1.807, 2.05) is 48.0 Å². The molecule has 0 unspecified atom stereocenters. The normalized spacial score (nSPS) is 15.1. The molecule has 2 heterocycles. The van der Waals surface area contributed by atoms with Crippen LogP contribution in [0.15, 0.2) is 48.5 Å². The number of carboxylic acid groups (broad SMARTS) is 1. The van der Waals surface area contributed by atoms with Crippen LogP contribution in [0.25, 0.3) is 11.0 Å². The quantitative estimate of drug-likeness (QED) is 0.708. The Labute approximate surface area is 163 Å². The number of carbonyl (C=O) groups is 1. The summed E-state index contributed by atoms with van der Waals surface area (Å²) in [5.41, 5.74) is 1.93. The highest BCUT2D eigenvalue weighted by molar-refractivity contribution is 5.93. The number of rotatable bonds is 6. The van der Waals surface area contributed by atoms with Gasteiger partial charge in [-0.05, 0) is 30.3 Å². The molecule has 0 amide bonds. The van der Waals surface area contributed by atoms with Gasteiger partial charge in [-0.15, -0.1) is 0 Å². The summed E-state index contributed by atoms with van der Waals surface area (Å²) in [6.45, 7) is 5.23. The lowest BCUT2D eigenvalue weighted by molar-refractivity contribution is 0.0697. The van der Waals surface area contributed by atoms with Crippen molar-refractivity contribution in [2.45, 2.75) is 0 Å². The monoisotopic (exact) mass is 380 g/mol. The van der Waals surface area contributed by atoms with E-state index >= 15 is 0 Å². The number of benzene rings is 2. The molecule has 0 radical (unpaired) electrons. The minimum absolute atomic E-state index is 0.264. The van der Waals surface area contributed by atoms with Crippen molar-refractivity contribution in [2.24, 2.45) is 7.05 Å². The highest BCUT2D eigenvalue weighted by Gasteiger charge is 2.21. The van der Waals surface area contributed by atoms with Gasteiger partial charge in [-0.1, -0.05) is 18.2 Å². The third kappa shape index (κ3) is 3.80. The maximum Gasteiger partial charge on any atom is 0.335 e. The molecule has 1 fully saturated rings. The van der Waals surface area contributed by atoms with Crippen LogP contribution < -0.4 is 9.64 Å². The molecule has 0 atom stereocenters. The van der Waals surface area contributed by atoms with Crippen LogP contribution in [0.1, 0.15) is 10.4 Å². The standard InChI is InChI=1S/C21H24N4O3/c1-23-19-8-7-16(20(26)27)15-18(19)22-21(23)25-11-9-24(10-12-25)13-14-28-17-5-3-2-4-6-17/h2-8,15H,9-14H2,1H3,(H,26,27). The first-order valence-electron chi connectivity index (χ1n) is 9.47. The van der Waals surface area contributed by atoms with Crippen molar-refractivity contribution in [2.75, 3.05) is 44.2 Å². The van der Waals surface area contributed by atoms with Gasteiger partial charge in [0.05, 0.1) is 16.6 Å². The average Bonchev–Trinajstić information content (AvgIpc) is 3.05. The van der Waals surface area contributed by atoms with Gasteiger partial charge in [0, 0.05) is 39.8 Å². The lowest BCUT2D eigenvalue weighted by Gasteiger charge is -2.35. The van der Waals surface area contributed by atoms with Gasteiger partial charge in [-0.25, -0.2) is 9.78 Å². The smallest absolute Gasteiger partial charge is 0.335 e. The van der Waals surface area contributed by atoms with Crippen LogP contribution in [0.5, 0.6) is 5.75 Å². The number of hydrogen-bond acceptors (Lipinski definition) is 5. The van der Waals surface area contributed by atoms with Crippen LogP contribution in [-0.4, -0.2) is 64.9 Å². The topological polar surface area (TPSA) is 70.8 Å². The number of anilines is 1. The number of ether oxygens (including phenoxy) is 1. The average molecular weight is 380 g/mol. The Morgan fingerprint density at radius 3 is 2.57 bits per heavy atom. The van der Waals surface area contributed by atoms with Crippen LogP contribution >= 0.6 is 0 Å². The van der Waals surface area contributed by atoms with Gasteiger partial charge in [0.2, 0.25) is 5.95 Å². The van der Waals surface area contributed by atoms with E-state index in [0.29, 0.717) is 6.61 Å². The summed E-state index contributed by atoms with van der Waals surface area (Å²) in [6, 6.07) is 15.0. The lowest BCUT2D eigenvalue weighted by Crippen LogP contribution is -2.48. The molecule has 7 heteroatoms. The van der Waals surface area contributed by atoms with E-state index in [-0.39, 0.29) is 5.56 Å². The Kier molecular flexibility index (Phi) is 5.16. The molecule has 1 aromatic heterocycles. The van der Waals surface area contributed by atoms with E-state index in [9.17, 15) is 9.90 Å². The fourth-order valence-corrected chi connectivity index (χ4v) is 3.58. The third-order valence-corrected chi connectivity index (χ3v) is 5.18. The maximum absolute atomic E-state index is 11.2. The van der Waals surface area contributed by atoms with Crippen LogP contribution in [0.4, 0.5) is 5.95 Å². The Hall–Kier alpha value is -3.06. The number of fused-ring (bicyclic) bond motifs is 1. The summed E-state index contributed by atoms with van der Waals surface area (Å²) >= 11 is 0. The predicted octanol–water partition coefficient (Wildman–Crippen LogP) is 2.47. The summed E-state index contributed by atoms with van der Waals surface area (Å²) < 4.78 is 7.83. The van der Waals surface area contributed by atoms with Crippen LogP contribution in [0, 0.1) is 0 Å². The van der Waals surface area contributed by atoms with E-state index in [0.717, 1.165) is 55.5 Å². The Morgan fingerprint density at radius 1 is 1.11 bits per heavy atom. The predicted molar refractivity (Wildman–Crippen MR) is 108 cm³/mol. The first kappa shape index (κ1) is 18.3. The van der Waals surface area contributed by atoms with Crippen molar-refractivity contribution in [3.8, 4) is 5.75 Å². The molecule has 2 aromatic carbocycles. The molecule has 1 N–H and O–H groups in total. The highest BCUT2D eigenvalue weighted by atomic mass is 16.5. The van der Waals surface area contributed by atoms with Crippen molar-refractivity contribution in [1.29, 1.82) is 0 Å². The molecule has 3 aromatic rings. The lowest BCUT2D eigenvalue weighted by atomic mass is 10.2. The zero-order chi connectivity index (χ0) is 19.5. The van der Waals surface area contributed by atoms with Gasteiger partial charge in [-0.3, -0.25) is 4.90 Å². The second kappa shape index (κ2) is 7.90. The van der Waals surface area contributed by atoms with Crippen molar-refractivity contribution in [3.63, 3.8) is 0 Å². The number of aryl methyl sites for hydroxylation is 1. The maximum atomic E-state index is 11.2. The molecule has 0 spiro atoms. The SMILES string of the molecule is Cn1c(N2CCN(CCOc3ccccc3)CC2)nc2cc(C(=O)O)ccc21. The number of nitrogens with zero attached hydrogens (tertiary/aromatic N) is 4. The number of carboxylic acids is 1. The molecule has 0 bridgehead atoms. The number of hydrogen-bond donors (Lipinski definition) is 1. The molecule has 0 saturated carbocycles. The largest absolute Gasteiger partial charge is 0.492 e. The van der Waals surface area contributed by atoms with Crippen LogP contribution in [0.3, 0.4) is 0 Å². The van der Waals surface area contributed by atoms with Gasteiger partial charge < -0.3 is 19.3 Å². The van der Waals surface area contributed by atoms with Crippen LogP contribution in [0.2, 0.25) is 0 Å². The fourth-order valence-electron chi connectivity index (χ4n) is 3.58. The number of imidazole rings is 1. The van der Waals surface area contributed by atoms with Crippen molar-refractivity contribution in [3.05, 3.63) is 54.1 Å². The summed E-state index contributed by atoms with van der Waals surface area (Å²) in [4.78, 5) is 20.5. The molecular weight excluding hydrogens is 356 g/mol. The van der Waals surface area contributed by atoms with E-state index in [1.165, 1.54) is 0 Å². The summed E-state index contributed by atoms with van der Waals surface area (Å²) in [5, 5.41) is 9.18. The van der Waals surface area contributed by atoms with Crippen molar-refractivity contribution in [1.82, 2.24) is 14.5 Å². The Balaban J connectivity index is 1.35. The molecule has 7 nitrogen and oxygen atoms in total. The minimum Gasteiger partial charge on any atom is -0.492 e. The van der Waals surface area contributed by atoms with Gasteiger partial charge in [0.25, 0.3) is 0 Å². The zero-order valence-corrected chi connectivity index (χ0v) is 15.9. The first-order valence-corrected chi connectivity index (χ1v) is 9.47. The Bertz CT molecular complexity index is 962. The number of piperazine rings is 1. The molecule has 28 heavy (non-hydrogen) atoms. The van der Waals surface area contributed by atoms with Gasteiger partial charge in [0.15, 0.2) is 0 Å². The summed E-state index contributed by atoms with van der Waals surface area (Å²) in [6.07, 6.45) is 0. The minimum atomic E-state index is -0.930. The second-order valence-electron chi connectivity index (χ2n) is 6.97. The van der Waals surface area contributed by atoms with E-state index in [1.54, 1.807) is 12.1 Å². The highest BCUT2D eigenvalue weighted by Crippen LogP contribution is 2.23. The zero-order valence-electron chi connectivity index (χ0n) is 15.9. The molecule has 0 aliphatic carbocycles. The van der Waals surface area contributed by atoms with Crippen molar-refractivity contribution < 1.29 is 14.6 Å². The third-order valence-electron chi connectivity index (χ3n) is 5.18. The fraction of sp³-hybridized carbons (Fsp3) is 0.333. The van der Waals surface area contributed by atoms with E-state index in [4.69, 9.17) is 4.74 Å². The number of aromatic carboxylic acids is 1. The van der Waals surface area contributed by atoms with Crippen LogP contribution in [-0.2, 0) is 7.05 Å². The van der Waals surface area contributed by atoms with E-state index in [2.05, 4.69) is 14.8 Å². The van der Waals surface area contributed by atoms with Crippen molar-refractivity contribution >= 4 is 23.0 Å². The first-order chi connectivity index (χ1) is 13.6. The summed E-state index contributed by atoms with van der Waals surface area (Å²) in [7, 11) is 1.98. The van der Waals surface area contributed by atoms with Gasteiger partial charge in [0.1, 0.15) is 12.4 Å². The second-order valence-corrected chi connectivity index (χ2v) is 6.97.